The van der Waals surface area contributed by atoms with Gasteiger partial charge < -0.3 is 23.4 Å². The number of fused-ring (bicyclic) bond motifs is 2. The van der Waals surface area contributed by atoms with Gasteiger partial charge in [0, 0.05) is 40.3 Å². The van der Waals surface area contributed by atoms with Gasteiger partial charge in [-0.2, -0.15) is 15.2 Å². The van der Waals surface area contributed by atoms with Gasteiger partial charge in [-0.15, -0.1) is 0 Å². The molecule has 0 aliphatic carbocycles. The van der Waals surface area contributed by atoms with Crippen molar-refractivity contribution in [1.82, 2.24) is 37.8 Å². The number of hydrogen-bond acceptors (Lipinski definition) is 5. The summed E-state index contributed by atoms with van der Waals surface area (Å²) in [5.41, 5.74) is 8.22. The molecule has 0 aliphatic rings. The molecule has 2 aromatic carbocycles. The van der Waals surface area contributed by atoms with Crippen molar-refractivity contribution in [1.29, 1.82) is 0 Å². The van der Waals surface area contributed by atoms with Gasteiger partial charge in [0.1, 0.15) is 5.69 Å². The highest BCUT2D eigenvalue weighted by Crippen LogP contribution is 2.18. The SMILES string of the molecule is CCn1nc(C)cc1C(=O)/N=c1\n(C)c2ccccc2n1CCCCn1/c(=N/C(O)c2cc(C)nn2CC)n(C)c2ccccc21. The molecule has 240 valence electrons. The number of aryl methyl sites for hydroxylation is 8. The van der Waals surface area contributed by atoms with Crippen LogP contribution < -0.4 is 11.2 Å². The van der Waals surface area contributed by atoms with Crippen LogP contribution in [-0.2, 0) is 40.3 Å². The van der Waals surface area contributed by atoms with E-state index in [-0.39, 0.29) is 5.91 Å². The van der Waals surface area contributed by atoms with E-state index in [0.717, 1.165) is 46.3 Å². The van der Waals surface area contributed by atoms with E-state index in [9.17, 15) is 9.90 Å². The van der Waals surface area contributed by atoms with E-state index in [2.05, 4.69) is 42.5 Å². The summed E-state index contributed by atoms with van der Waals surface area (Å²) in [6.07, 6.45) is 0.631. The van der Waals surface area contributed by atoms with Gasteiger partial charge in [0.25, 0.3) is 5.91 Å². The van der Waals surface area contributed by atoms with Crippen molar-refractivity contribution in [2.24, 2.45) is 24.1 Å². The Morgan fingerprint density at radius 3 is 1.85 bits per heavy atom. The number of unbranched alkanes of at least 4 members (excludes halogenated alkanes) is 1. The Labute approximate surface area is 267 Å². The normalized spacial score (nSPS) is 13.5. The minimum Gasteiger partial charge on any atom is -0.367 e. The first-order valence-electron chi connectivity index (χ1n) is 15.9. The Bertz CT molecular complexity index is 2180. The van der Waals surface area contributed by atoms with Crippen LogP contribution in [0.1, 0.15) is 60.5 Å². The number of aromatic nitrogens is 8. The number of amides is 1. The van der Waals surface area contributed by atoms with Crippen LogP contribution in [0.15, 0.2) is 70.6 Å². The van der Waals surface area contributed by atoms with Crippen LogP contribution in [0.25, 0.3) is 22.1 Å². The second-order valence-electron chi connectivity index (χ2n) is 11.6. The van der Waals surface area contributed by atoms with Crippen molar-refractivity contribution < 1.29 is 9.90 Å². The first kappa shape index (κ1) is 31.0. The number of rotatable bonds is 10. The molecule has 12 heteroatoms. The Hall–Kier alpha value is -4.97. The van der Waals surface area contributed by atoms with Gasteiger partial charge in [0.2, 0.25) is 11.2 Å². The molecule has 1 amide bonds. The van der Waals surface area contributed by atoms with Crippen LogP contribution >= 0.6 is 0 Å². The van der Waals surface area contributed by atoms with Crippen LogP contribution in [-0.4, -0.2) is 48.8 Å². The standard InChI is InChI=1S/C34H42N10O2/c1-7-43-29(21-23(3)37-43)31(45)35-33-39(5)25-15-9-11-17-27(25)41(33)19-13-14-20-42-28-18-12-10-16-26(28)40(6)34(42)36-32(46)30-22-24(4)38-44(30)8-2/h9-12,15-18,21-22,31,45H,7-8,13-14,19-20H2,1-6H3/b35-33+,36-34+. The van der Waals surface area contributed by atoms with Gasteiger partial charge in [0.15, 0.2) is 6.23 Å². The van der Waals surface area contributed by atoms with Crippen molar-refractivity contribution in [2.75, 3.05) is 0 Å². The molecule has 1 unspecified atom stereocenters. The first-order valence-corrected chi connectivity index (χ1v) is 15.9. The Morgan fingerprint density at radius 2 is 1.26 bits per heavy atom. The monoisotopic (exact) mass is 622 g/mol. The summed E-state index contributed by atoms with van der Waals surface area (Å²) in [6.45, 7) is 10.4. The third-order valence-corrected chi connectivity index (χ3v) is 8.52. The molecular weight excluding hydrogens is 580 g/mol. The predicted octanol–water partition coefficient (Wildman–Crippen LogP) is 4.14. The van der Waals surface area contributed by atoms with Gasteiger partial charge in [0.05, 0.1) is 39.1 Å². The molecule has 46 heavy (non-hydrogen) atoms. The van der Waals surface area contributed by atoms with E-state index in [1.54, 1.807) is 15.4 Å². The van der Waals surface area contributed by atoms with Crippen LogP contribution in [0, 0.1) is 13.8 Å². The molecule has 0 spiro atoms. The Kier molecular flexibility index (Phi) is 8.63. The molecule has 1 N–H and O–H groups in total. The second kappa shape index (κ2) is 12.8. The number of benzene rings is 2. The molecule has 0 radical (unpaired) electrons. The second-order valence-corrected chi connectivity index (χ2v) is 11.6. The highest BCUT2D eigenvalue weighted by Gasteiger charge is 2.17. The number of carbonyl (C=O) groups excluding carboxylic acids is 1. The van der Waals surface area contributed by atoms with Gasteiger partial charge in [-0.05, 0) is 76.9 Å². The summed E-state index contributed by atoms with van der Waals surface area (Å²) < 4.78 is 11.8. The van der Waals surface area contributed by atoms with Crippen LogP contribution in [0.4, 0.5) is 0 Å². The van der Waals surface area contributed by atoms with Crippen LogP contribution in [0.3, 0.4) is 0 Å². The summed E-state index contributed by atoms with van der Waals surface area (Å²) in [5, 5.41) is 20.1. The maximum Gasteiger partial charge on any atom is 0.298 e. The third kappa shape index (κ3) is 5.64. The van der Waals surface area contributed by atoms with Gasteiger partial charge in [-0.25, -0.2) is 4.99 Å². The van der Waals surface area contributed by atoms with Crippen molar-refractivity contribution in [2.45, 2.75) is 72.9 Å². The fourth-order valence-electron chi connectivity index (χ4n) is 6.33. The summed E-state index contributed by atoms with van der Waals surface area (Å²) >= 11 is 0. The van der Waals surface area contributed by atoms with Gasteiger partial charge in [-0.1, -0.05) is 24.3 Å². The zero-order valence-electron chi connectivity index (χ0n) is 27.4. The smallest absolute Gasteiger partial charge is 0.298 e. The molecule has 12 nitrogen and oxygen atoms in total. The molecule has 6 rings (SSSR count). The molecule has 6 aromatic rings. The minimum absolute atomic E-state index is 0.308. The maximum absolute atomic E-state index is 13.4. The van der Waals surface area contributed by atoms with Crippen molar-refractivity contribution >= 4 is 28.0 Å². The molecule has 0 saturated heterocycles. The lowest BCUT2D eigenvalue weighted by Gasteiger charge is -2.10. The number of nitrogens with zero attached hydrogens (tertiary/aromatic N) is 10. The fourth-order valence-corrected chi connectivity index (χ4v) is 6.33. The number of imidazole rings is 2. The number of hydrogen-bond donors (Lipinski definition) is 1. The molecule has 0 bridgehead atoms. The lowest BCUT2D eigenvalue weighted by molar-refractivity contribution is 0.0985. The topological polar surface area (TPSA) is 117 Å². The largest absolute Gasteiger partial charge is 0.367 e. The quantitative estimate of drug-likeness (QED) is 0.231. The van der Waals surface area contributed by atoms with Crippen LogP contribution in [0.5, 0.6) is 0 Å². The van der Waals surface area contributed by atoms with Gasteiger partial charge >= 0.3 is 0 Å². The number of para-hydroxylation sites is 4. The minimum atomic E-state index is -1.05. The average Bonchev–Trinajstić information content (AvgIpc) is 3.78. The molecule has 4 aromatic heterocycles. The fraction of sp³-hybridized carbons (Fsp3) is 0.382. The maximum atomic E-state index is 13.4. The van der Waals surface area contributed by atoms with E-state index >= 15 is 0 Å². The van der Waals surface area contributed by atoms with E-state index in [0.29, 0.717) is 48.8 Å². The summed E-state index contributed by atoms with van der Waals surface area (Å²) in [6, 6.07) is 20.0. The van der Waals surface area contributed by atoms with Crippen molar-refractivity contribution in [3.63, 3.8) is 0 Å². The van der Waals surface area contributed by atoms with Crippen LogP contribution in [0.2, 0.25) is 0 Å². The van der Waals surface area contributed by atoms with E-state index in [4.69, 9.17) is 4.99 Å². The number of aliphatic hydroxyl groups excluding tert-OH is 1. The highest BCUT2D eigenvalue weighted by atomic mass is 16.3. The molecule has 1 atom stereocenters. The number of aliphatic hydroxyl groups is 1. The third-order valence-electron chi connectivity index (χ3n) is 8.52. The zero-order valence-corrected chi connectivity index (χ0v) is 27.4. The first-order chi connectivity index (χ1) is 22.2. The Balaban J connectivity index is 1.31. The molecular formula is C34H42N10O2. The Morgan fingerprint density at radius 1 is 0.761 bits per heavy atom. The lowest BCUT2D eigenvalue weighted by atomic mass is 10.2. The predicted molar refractivity (Wildman–Crippen MR) is 177 cm³/mol. The van der Waals surface area contributed by atoms with Crippen molar-refractivity contribution in [3.05, 3.63) is 94.7 Å². The van der Waals surface area contributed by atoms with E-state index in [1.807, 2.05) is 87.3 Å². The van der Waals surface area contributed by atoms with E-state index < -0.39 is 6.23 Å². The van der Waals surface area contributed by atoms with Gasteiger partial charge in [-0.3, -0.25) is 14.2 Å². The average molecular weight is 623 g/mol. The summed E-state index contributed by atoms with van der Waals surface area (Å²) in [4.78, 5) is 22.8. The lowest BCUT2D eigenvalue weighted by Crippen LogP contribution is -2.28. The molecule has 0 aliphatic heterocycles. The van der Waals surface area contributed by atoms with Crippen molar-refractivity contribution in [3.8, 4) is 0 Å². The molecule has 0 fully saturated rings. The summed E-state index contributed by atoms with van der Waals surface area (Å²) in [7, 11) is 3.93. The molecule has 4 heterocycles. The van der Waals surface area contributed by atoms with E-state index in [1.165, 1.54) is 0 Å². The zero-order chi connectivity index (χ0) is 32.5. The number of carbonyl (C=O) groups is 1. The summed E-state index contributed by atoms with van der Waals surface area (Å²) in [5.74, 6) is -0.308. The highest BCUT2D eigenvalue weighted by molar-refractivity contribution is 5.93. The molecule has 0 saturated carbocycles.